The van der Waals surface area contributed by atoms with E-state index in [4.69, 9.17) is 16.3 Å². The summed E-state index contributed by atoms with van der Waals surface area (Å²) < 4.78 is 5.15. The summed E-state index contributed by atoms with van der Waals surface area (Å²) in [4.78, 5) is 50.2. The molecule has 1 fully saturated rings. The second-order valence-electron chi connectivity index (χ2n) is 6.63. The highest BCUT2D eigenvalue weighted by Gasteiger charge is 2.37. The summed E-state index contributed by atoms with van der Waals surface area (Å²) in [5.74, 6) is -1.76. The number of carbonyl (C=O) groups is 4. The number of carbonyl (C=O) groups excluding carboxylic acids is 4. The van der Waals surface area contributed by atoms with Gasteiger partial charge in [-0.2, -0.15) is 0 Å². The number of hydrogen-bond acceptors (Lipinski definition) is 6. The third-order valence-electron chi connectivity index (χ3n) is 4.59. The minimum Gasteiger partial charge on any atom is -0.452 e. The number of esters is 1. The normalized spacial score (nSPS) is 16.0. The topological polar surface area (TPSA) is 92.8 Å². The third-order valence-corrected chi connectivity index (χ3v) is 6.26. The number of likely N-dealkylation sites (tertiary alicyclic amines) is 1. The lowest BCUT2D eigenvalue weighted by atomic mass is 10.2. The van der Waals surface area contributed by atoms with Gasteiger partial charge in [0.2, 0.25) is 11.8 Å². The van der Waals surface area contributed by atoms with Gasteiger partial charge in [-0.25, -0.2) is 4.79 Å². The van der Waals surface area contributed by atoms with Crippen molar-refractivity contribution in [3.63, 3.8) is 0 Å². The SMILES string of the molecule is Cc1c(Cl)cccc1NC(=O)COC(=O)c1ccccc1SC1CC(=O)N(C)C1=O. The largest absolute Gasteiger partial charge is 0.452 e. The van der Waals surface area contributed by atoms with Gasteiger partial charge < -0.3 is 10.1 Å². The highest BCUT2D eigenvalue weighted by atomic mass is 35.5. The Morgan fingerprint density at radius 1 is 1.20 bits per heavy atom. The number of imide groups is 1. The molecule has 0 spiro atoms. The zero-order chi connectivity index (χ0) is 21.8. The molecule has 0 aliphatic carbocycles. The van der Waals surface area contributed by atoms with E-state index in [2.05, 4.69) is 5.32 Å². The molecular weight excluding hydrogens is 428 g/mol. The maximum Gasteiger partial charge on any atom is 0.339 e. The van der Waals surface area contributed by atoms with Gasteiger partial charge in [0.15, 0.2) is 6.61 Å². The molecule has 1 aliphatic rings. The minimum absolute atomic E-state index is 0.0742. The van der Waals surface area contributed by atoms with E-state index >= 15 is 0 Å². The van der Waals surface area contributed by atoms with Crippen molar-refractivity contribution in [2.24, 2.45) is 0 Å². The van der Waals surface area contributed by atoms with Crippen molar-refractivity contribution in [2.75, 3.05) is 19.0 Å². The van der Waals surface area contributed by atoms with E-state index in [-0.39, 0.29) is 23.8 Å². The molecule has 1 atom stereocenters. The Hall–Kier alpha value is -2.84. The first-order chi connectivity index (χ1) is 14.3. The molecule has 3 amide bonds. The molecule has 1 heterocycles. The molecule has 0 aromatic heterocycles. The molecule has 1 N–H and O–H groups in total. The van der Waals surface area contributed by atoms with Crippen molar-refractivity contribution < 1.29 is 23.9 Å². The van der Waals surface area contributed by atoms with Crippen molar-refractivity contribution in [3.05, 3.63) is 58.6 Å². The lowest BCUT2D eigenvalue weighted by molar-refractivity contribution is -0.136. The minimum atomic E-state index is -0.693. The molecule has 2 aromatic carbocycles. The standard InChI is InChI=1S/C21H19ClN2O5S/c1-12-14(22)7-5-8-15(12)23-18(25)11-29-21(28)13-6-3-4-9-16(13)30-17-10-19(26)24(2)20(17)27/h3-9,17H,10-11H2,1-2H3,(H,23,25). The van der Waals surface area contributed by atoms with E-state index in [1.165, 1.54) is 7.05 Å². The van der Waals surface area contributed by atoms with Gasteiger partial charge >= 0.3 is 5.97 Å². The van der Waals surface area contributed by atoms with Gasteiger partial charge in [-0.15, -0.1) is 11.8 Å². The third kappa shape index (κ3) is 4.83. The maximum absolute atomic E-state index is 12.5. The molecule has 1 unspecified atom stereocenters. The number of nitrogens with zero attached hydrogens (tertiary/aromatic N) is 1. The van der Waals surface area contributed by atoms with Crippen molar-refractivity contribution >= 4 is 52.7 Å². The van der Waals surface area contributed by atoms with Crippen LogP contribution in [0.2, 0.25) is 5.02 Å². The summed E-state index contributed by atoms with van der Waals surface area (Å²) in [5.41, 5.74) is 1.47. The average Bonchev–Trinajstić information content (AvgIpc) is 2.96. The van der Waals surface area contributed by atoms with E-state index < -0.39 is 23.7 Å². The van der Waals surface area contributed by atoms with Crippen LogP contribution < -0.4 is 5.32 Å². The number of benzene rings is 2. The highest BCUT2D eigenvalue weighted by molar-refractivity contribution is 8.00. The van der Waals surface area contributed by atoms with Crippen LogP contribution in [0, 0.1) is 6.92 Å². The zero-order valence-corrected chi connectivity index (χ0v) is 17.9. The molecule has 0 saturated carbocycles. The van der Waals surface area contributed by atoms with Gasteiger partial charge in [0.1, 0.15) is 0 Å². The van der Waals surface area contributed by atoms with Crippen LogP contribution in [0.5, 0.6) is 0 Å². The van der Waals surface area contributed by atoms with Crippen LogP contribution in [0.25, 0.3) is 0 Å². The van der Waals surface area contributed by atoms with Gasteiger partial charge in [0.25, 0.3) is 5.91 Å². The smallest absolute Gasteiger partial charge is 0.339 e. The molecule has 0 bridgehead atoms. The highest BCUT2D eigenvalue weighted by Crippen LogP contribution is 2.33. The second-order valence-corrected chi connectivity index (χ2v) is 8.29. The van der Waals surface area contributed by atoms with Crippen molar-refractivity contribution in [3.8, 4) is 0 Å². The van der Waals surface area contributed by atoms with E-state index in [9.17, 15) is 19.2 Å². The van der Waals surface area contributed by atoms with E-state index in [0.717, 1.165) is 16.7 Å². The van der Waals surface area contributed by atoms with Gasteiger partial charge in [0.05, 0.1) is 10.8 Å². The molecule has 7 nitrogen and oxygen atoms in total. The lowest BCUT2D eigenvalue weighted by Crippen LogP contribution is -2.26. The van der Waals surface area contributed by atoms with Gasteiger partial charge in [-0.05, 0) is 36.8 Å². The Morgan fingerprint density at radius 2 is 1.93 bits per heavy atom. The predicted octanol–water partition coefficient (Wildman–Crippen LogP) is 3.29. The Labute approximate surface area is 182 Å². The number of halogens is 1. The summed E-state index contributed by atoms with van der Waals surface area (Å²) in [6.45, 7) is 1.29. The number of anilines is 1. The second kappa shape index (κ2) is 9.32. The first-order valence-electron chi connectivity index (χ1n) is 9.06. The molecule has 9 heteroatoms. The summed E-state index contributed by atoms with van der Waals surface area (Å²) in [7, 11) is 1.44. The van der Waals surface area contributed by atoms with Crippen LogP contribution in [-0.2, 0) is 19.1 Å². The fraction of sp³-hybridized carbons (Fsp3) is 0.238. The summed E-state index contributed by atoms with van der Waals surface area (Å²) in [5, 5.41) is 2.58. The summed E-state index contributed by atoms with van der Waals surface area (Å²) >= 11 is 7.17. The zero-order valence-electron chi connectivity index (χ0n) is 16.3. The van der Waals surface area contributed by atoms with Crippen LogP contribution >= 0.6 is 23.4 Å². The first kappa shape index (κ1) is 21.9. The Kier molecular flexibility index (Phi) is 6.79. The van der Waals surface area contributed by atoms with Crippen LogP contribution in [0.15, 0.2) is 47.4 Å². The fourth-order valence-corrected chi connectivity index (χ4v) is 4.24. The van der Waals surface area contributed by atoms with Crippen LogP contribution in [0.4, 0.5) is 5.69 Å². The number of hydrogen-bond donors (Lipinski definition) is 1. The number of thioether (sulfide) groups is 1. The van der Waals surface area contributed by atoms with Gasteiger partial charge in [0, 0.05) is 29.1 Å². The van der Waals surface area contributed by atoms with E-state index in [1.54, 1.807) is 49.4 Å². The van der Waals surface area contributed by atoms with Crippen LogP contribution in [0.3, 0.4) is 0 Å². The van der Waals surface area contributed by atoms with Crippen molar-refractivity contribution in [1.29, 1.82) is 0 Å². The van der Waals surface area contributed by atoms with E-state index in [1.807, 2.05) is 0 Å². The number of nitrogens with one attached hydrogen (secondary N) is 1. The van der Waals surface area contributed by atoms with Crippen LogP contribution in [0.1, 0.15) is 22.3 Å². The molecular formula is C21H19ClN2O5S. The molecule has 0 radical (unpaired) electrons. The lowest BCUT2D eigenvalue weighted by Gasteiger charge is -2.13. The van der Waals surface area contributed by atoms with Crippen LogP contribution in [-0.4, -0.2) is 47.5 Å². The fourth-order valence-electron chi connectivity index (χ4n) is 2.84. The van der Waals surface area contributed by atoms with Gasteiger partial charge in [-0.3, -0.25) is 19.3 Å². The maximum atomic E-state index is 12.5. The molecule has 2 aromatic rings. The monoisotopic (exact) mass is 446 g/mol. The average molecular weight is 447 g/mol. The first-order valence-corrected chi connectivity index (χ1v) is 10.3. The van der Waals surface area contributed by atoms with Gasteiger partial charge in [-0.1, -0.05) is 29.8 Å². The molecule has 1 aliphatic heterocycles. The molecule has 30 heavy (non-hydrogen) atoms. The Bertz CT molecular complexity index is 1030. The van der Waals surface area contributed by atoms with Crippen molar-refractivity contribution in [2.45, 2.75) is 23.5 Å². The Morgan fingerprint density at radius 3 is 2.63 bits per heavy atom. The number of amides is 3. The van der Waals surface area contributed by atoms with Crippen molar-refractivity contribution in [1.82, 2.24) is 4.90 Å². The summed E-state index contributed by atoms with van der Waals surface area (Å²) in [6.07, 6.45) is 0.0742. The molecule has 1 saturated heterocycles. The Balaban J connectivity index is 1.63. The number of ether oxygens (including phenoxy) is 1. The predicted molar refractivity (Wildman–Crippen MR) is 114 cm³/mol. The molecule has 156 valence electrons. The molecule has 3 rings (SSSR count). The summed E-state index contributed by atoms with van der Waals surface area (Å²) in [6, 6.07) is 11.7. The number of rotatable bonds is 6. The van der Waals surface area contributed by atoms with E-state index in [0.29, 0.717) is 21.2 Å². The quantitative estimate of drug-likeness (QED) is 0.540.